The van der Waals surface area contributed by atoms with Crippen LogP contribution in [0.2, 0.25) is 0 Å². The highest BCUT2D eigenvalue weighted by Gasteiger charge is 2.40. The van der Waals surface area contributed by atoms with Crippen molar-refractivity contribution in [1.82, 2.24) is 5.01 Å². The highest BCUT2D eigenvalue weighted by Crippen LogP contribution is 2.47. The van der Waals surface area contributed by atoms with Crippen LogP contribution in [0.25, 0.3) is 0 Å². The SMILES string of the molecule is COc1ccc(C2=NN3[C@@H](c4ccc(OC)cc4)Oc4ccccc4[C@@H]3C2)cc1. The van der Waals surface area contributed by atoms with Gasteiger partial charge in [0.2, 0.25) is 6.23 Å². The Balaban J connectivity index is 1.54. The van der Waals surface area contributed by atoms with E-state index < -0.39 is 0 Å². The van der Waals surface area contributed by atoms with Crippen LogP contribution in [0.15, 0.2) is 77.9 Å². The molecule has 0 spiro atoms. The number of para-hydroxylation sites is 1. The van der Waals surface area contributed by atoms with Gasteiger partial charge in [-0.3, -0.25) is 0 Å². The van der Waals surface area contributed by atoms with Crippen LogP contribution in [0.3, 0.4) is 0 Å². The van der Waals surface area contributed by atoms with Crippen molar-refractivity contribution in [3.05, 3.63) is 89.5 Å². The van der Waals surface area contributed by atoms with Gasteiger partial charge < -0.3 is 14.2 Å². The van der Waals surface area contributed by atoms with Gasteiger partial charge in [0.05, 0.1) is 26.0 Å². The Hall–Kier alpha value is -3.47. The van der Waals surface area contributed by atoms with Crippen molar-refractivity contribution in [2.45, 2.75) is 18.7 Å². The lowest BCUT2D eigenvalue weighted by Gasteiger charge is -2.38. The molecule has 29 heavy (non-hydrogen) atoms. The summed E-state index contributed by atoms with van der Waals surface area (Å²) in [6, 6.07) is 24.4. The van der Waals surface area contributed by atoms with Gasteiger partial charge in [0.1, 0.15) is 17.2 Å². The lowest BCUT2D eigenvalue weighted by atomic mass is 9.96. The summed E-state index contributed by atoms with van der Waals surface area (Å²) in [5.41, 5.74) is 4.37. The molecule has 0 amide bonds. The summed E-state index contributed by atoms with van der Waals surface area (Å²) in [4.78, 5) is 0. The minimum Gasteiger partial charge on any atom is -0.497 e. The number of methoxy groups -OCH3 is 2. The first-order chi connectivity index (χ1) is 14.3. The first-order valence-corrected chi connectivity index (χ1v) is 9.66. The Kier molecular flexibility index (Phi) is 4.35. The van der Waals surface area contributed by atoms with Crippen LogP contribution in [0.1, 0.15) is 35.4 Å². The smallest absolute Gasteiger partial charge is 0.213 e. The van der Waals surface area contributed by atoms with Crippen molar-refractivity contribution in [2.24, 2.45) is 5.10 Å². The standard InChI is InChI=1S/C24H22N2O3/c1-27-18-11-7-16(8-12-18)21-15-22-20-5-3-4-6-23(20)29-24(26(22)25-21)17-9-13-19(28-2)14-10-17/h3-14,22,24H,15H2,1-2H3/t22-,24+/m0/s1. The van der Waals surface area contributed by atoms with E-state index in [2.05, 4.69) is 29.3 Å². The van der Waals surface area contributed by atoms with Crippen molar-refractivity contribution in [2.75, 3.05) is 14.2 Å². The zero-order valence-electron chi connectivity index (χ0n) is 16.4. The van der Waals surface area contributed by atoms with Crippen LogP contribution < -0.4 is 14.2 Å². The minimum absolute atomic E-state index is 0.143. The number of hydrazone groups is 1. The molecular weight excluding hydrogens is 364 g/mol. The van der Waals surface area contributed by atoms with Crippen molar-refractivity contribution in [3.63, 3.8) is 0 Å². The van der Waals surface area contributed by atoms with E-state index in [1.165, 1.54) is 5.56 Å². The van der Waals surface area contributed by atoms with Gasteiger partial charge in [-0.25, -0.2) is 5.01 Å². The van der Waals surface area contributed by atoms with Gasteiger partial charge in [-0.2, -0.15) is 5.10 Å². The molecule has 5 heteroatoms. The van der Waals surface area contributed by atoms with Gasteiger partial charge in [0, 0.05) is 17.5 Å². The first-order valence-electron chi connectivity index (χ1n) is 9.66. The zero-order valence-corrected chi connectivity index (χ0v) is 16.4. The van der Waals surface area contributed by atoms with Crippen LogP contribution in [0.5, 0.6) is 17.2 Å². The zero-order chi connectivity index (χ0) is 19.8. The number of hydrogen-bond acceptors (Lipinski definition) is 5. The van der Waals surface area contributed by atoms with E-state index in [0.717, 1.165) is 40.5 Å². The van der Waals surface area contributed by atoms with Crippen molar-refractivity contribution >= 4 is 5.71 Å². The molecule has 0 aromatic heterocycles. The fourth-order valence-corrected chi connectivity index (χ4v) is 3.98. The van der Waals surface area contributed by atoms with Crippen LogP contribution in [0.4, 0.5) is 0 Å². The fourth-order valence-electron chi connectivity index (χ4n) is 3.98. The Bertz CT molecular complexity index is 1040. The normalized spacial score (nSPS) is 19.7. The van der Waals surface area contributed by atoms with Gasteiger partial charge in [0.15, 0.2) is 0 Å². The maximum Gasteiger partial charge on any atom is 0.213 e. The summed E-state index contributed by atoms with van der Waals surface area (Å²) in [5.74, 6) is 2.58. The van der Waals surface area contributed by atoms with Crippen LogP contribution >= 0.6 is 0 Å². The second kappa shape index (κ2) is 7.17. The Labute approximate surface area is 170 Å². The van der Waals surface area contributed by atoms with Gasteiger partial charge >= 0.3 is 0 Å². The Morgan fingerprint density at radius 1 is 0.862 bits per heavy atom. The van der Waals surface area contributed by atoms with Gasteiger partial charge in [-0.05, 0) is 60.2 Å². The average molecular weight is 386 g/mol. The summed E-state index contributed by atoms with van der Waals surface area (Å²) < 4.78 is 17.0. The van der Waals surface area contributed by atoms with Gasteiger partial charge in [0.25, 0.3) is 0 Å². The monoisotopic (exact) mass is 386 g/mol. The number of nitrogens with zero attached hydrogens (tertiary/aromatic N) is 2. The third-order valence-electron chi connectivity index (χ3n) is 5.52. The summed E-state index contributed by atoms with van der Waals surface area (Å²) in [6.07, 6.45) is 0.552. The molecular formula is C24H22N2O3. The number of benzene rings is 3. The molecule has 0 bridgehead atoms. The van der Waals surface area contributed by atoms with Crippen molar-refractivity contribution < 1.29 is 14.2 Å². The predicted molar refractivity (Wildman–Crippen MR) is 112 cm³/mol. The predicted octanol–water partition coefficient (Wildman–Crippen LogP) is 4.95. The van der Waals surface area contributed by atoms with Crippen LogP contribution in [0, 0.1) is 0 Å². The highest BCUT2D eigenvalue weighted by molar-refractivity contribution is 6.02. The quantitative estimate of drug-likeness (QED) is 0.637. The van der Waals surface area contributed by atoms with E-state index in [9.17, 15) is 0 Å². The maximum absolute atomic E-state index is 6.38. The molecule has 0 radical (unpaired) electrons. The van der Waals surface area contributed by atoms with Gasteiger partial charge in [-0.1, -0.05) is 18.2 Å². The lowest BCUT2D eigenvalue weighted by Crippen LogP contribution is -2.33. The summed E-state index contributed by atoms with van der Waals surface area (Å²) >= 11 is 0. The molecule has 0 fully saturated rings. The van der Waals surface area contributed by atoms with E-state index in [1.807, 2.05) is 48.5 Å². The largest absolute Gasteiger partial charge is 0.497 e. The Morgan fingerprint density at radius 2 is 1.52 bits per heavy atom. The van der Waals surface area contributed by atoms with Crippen molar-refractivity contribution in [1.29, 1.82) is 0 Å². The summed E-state index contributed by atoms with van der Waals surface area (Å²) in [7, 11) is 3.35. The third-order valence-corrected chi connectivity index (χ3v) is 5.52. The number of ether oxygens (including phenoxy) is 3. The molecule has 0 N–H and O–H groups in total. The van der Waals surface area contributed by atoms with E-state index >= 15 is 0 Å². The Morgan fingerprint density at radius 3 is 2.21 bits per heavy atom. The molecule has 0 aliphatic carbocycles. The number of hydrogen-bond donors (Lipinski definition) is 0. The molecule has 3 aromatic carbocycles. The molecule has 146 valence electrons. The van der Waals surface area contributed by atoms with E-state index in [1.54, 1.807) is 14.2 Å². The molecule has 3 aromatic rings. The fraction of sp³-hybridized carbons (Fsp3) is 0.208. The molecule has 0 saturated heterocycles. The lowest BCUT2D eigenvalue weighted by molar-refractivity contribution is -0.0190. The molecule has 2 heterocycles. The van der Waals surface area contributed by atoms with E-state index in [-0.39, 0.29) is 12.3 Å². The molecule has 0 unspecified atom stereocenters. The second-order valence-electron chi connectivity index (χ2n) is 7.16. The topological polar surface area (TPSA) is 43.3 Å². The van der Waals surface area contributed by atoms with Crippen LogP contribution in [-0.2, 0) is 0 Å². The highest BCUT2D eigenvalue weighted by atomic mass is 16.5. The molecule has 2 aliphatic heterocycles. The second-order valence-corrected chi connectivity index (χ2v) is 7.16. The van der Waals surface area contributed by atoms with E-state index in [0.29, 0.717) is 0 Å². The number of fused-ring (bicyclic) bond motifs is 3. The summed E-state index contributed by atoms with van der Waals surface area (Å²) in [5, 5.41) is 7.08. The average Bonchev–Trinajstić information content (AvgIpc) is 3.24. The molecule has 5 rings (SSSR count). The molecule has 2 aliphatic rings. The number of rotatable bonds is 4. The van der Waals surface area contributed by atoms with Crippen LogP contribution in [-0.4, -0.2) is 24.9 Å². The minimum atomic E-state index is -0.281. The van der Waals surface area contributed by atoms with E-state index in [4.69, 9.17) is 19.3 Å². The third kappa shape index (κ3) is 3.09. The van der Waals surface area contributed by atoms with Gasteiger partial charge in [-0.15, -0.1) is 0 Å². The molecule has 2 atom stereocenters. The van der Waals surface area contributed by atoms with Crippen molar-refractivity contribution in [3.8, 4) is 17.2 Å². The molecule has 5 nitrogen and oxygen atoms in total. The maximum atomic E-state index is 6.38. The summed E-state index contributed by atoms with van der Waals surface area (Å²) in [6.45, 7) is 0. The first kappa shape index (κ1) is 17.6. The molecule has 0 saturated carbocycles.